The lowest BCUT2D eigenvalue weighted by Crippen LogP contribution is -2.21. The van der Waals surface area contributed by atoms with Crippen LogP contribution >= 0.6 is 11.3 Å². The van der Waals surface area contributed by atoms with Crippen molar-refractivity contribution in [1.29, 1.82) is 0 Å². The first-order valence-corrected chi connectivity index (χ1v) is 12.5. The molecule has 3 heterocycles. The van der Waals surface area contributed by atoms with E-state index in [0.717, 1.165) is 15.2 Å². The van der Waals surface area contributed by atoms with Gasteiger partial charge in [-0.2, -0.15) is 0 Å². The summed E-state index contributed by atoms with van der Waals surface area (Å²) in [4.78, 5) is 17.2. The van der Waals surface area contributed by atoms with E-state index in [9.17, 15) is 13.2 Å². The molecule has 3 aromatic heterocycles. The Kier molecular flexibility index (Phi) is 5.57. The highest BCUT2D eigenvalue weighted by atomic mass is 32.2. The molecule has 166 valence electrons. The van der Waals surface area contributed by atoms with Crippen LogP contribution in [0.25, 0.3) is 21.0 Å². The molecule has 0 spiro atoms. The smallest absolute Gasteiger partial charge is 0.287 e. The number of hydrogen-bond acceptors (Lipinski definition) is 7. The molecule has 1 amide bonds. The number of nitrogens with one attached hydrogen (secondary N) is 1. The van der Waals surface area contributed by atoms with Crippen LogP contribution in [0.1, 0.15) is 22.1 Å². The van der Waals surface area contributed by atoms with Gasteiger partial charge in [-0.05, 0) is 48.5 Å². The van der Waals surface area contributed by atoms with E-state index in [2.05, 4.69) is 10.3 Å². The first-order valence-electron chi connectivity index (χ1n) is 10.1. The minimum absolute atomic E-state index is 0.0335. The second-order valence-corrected chi connectivity index (χ2v) is 10.3. The molecule has 7 nitrogen and oxygen atoms in total. The summed E-state index contributed by atoms with van der Waals surface area (Å²) in [6, 6.07) is 22.5. The van der Waals surface area contributed by atoms with Gasteiger partial charge in [-0.3, -0.25) is 4.79 Å². The van der Waals surface area contributed by atoms with Gasteiger partial charge in [-0.25, -0.2) is 13.4 Å². The minimum Gasteiger partial charge on any atom is -0.457 e. The van der Waals surface area contributed by atoms with Crippen LogP contribution in [0.3, 0.4) is 0 Å². The summed E-state index contributed by atoms with van der Waals surface area (Å²) >= 11 is 1.53. The maximum atomic E-state index is 12.5. The molecule has 5 rings (SSSR count). The van der Waals surface area contributed by atoms with Gasteiger partial charge in [0.25, 0.3) is 5.91 Å². The van der Waals surface area contributed by atoms with Crippen molar-refractivity contribution in [2.24, 2.45) is 0 Å². The maximum Gasteiger partial charge on any atom is 0.287 e. The Bertz CT molecular complexity index is 1500. The van der Waals surface area contributed by atoms with Crippen molar-refractivity contribution >= 4 is 37.3 Å². The Morgan fingerprint density at radius 1 is 0.879 bits per heavy atom. The molecule has 33 heavy (non-hydrogen) atoms. The number of furan rings is 2. The fourth-order valence-corrected chi connectivity index (χ4v) is 5.49. The topological polar surface area (TPSA) is 102 Å². The van der Waals surface area contributed by atoms with Crippen LogP contribution in [-0.2, 0) is 22.1 Å². The zero-order valence-corrected chi connectivity index (χ0v) is 18.9. The van der Waals surface area contributed by atoms with Gasteiger partial charge in [-0.1, -0.05) is 30.3 Å². The van der Waals surface area contributed by atoms with Gasteiger partial charge < -0.3 is 14.2 Å². The standard InChI is InChI=1S/C24H18N2O5S2/c27-23(20-12-11-17(31-20)15-33(28,29)18-6-2-1-3-7-18)25-14-16-10-13-21(30-16)24-26-19-8-4-5-9-22(19)32-24/h1-13H,14-15H2,(H,25,27). The normalized spacial score (nSPS) is 11.6. The summed E-state index contributed by atoms with van der Waals surface area (Å²) in [6.07, 6.45) is 0. The van der Waals surface area contributed by atoms with Gasteiger partial charge in [-0.15, -0.1) is 11.3 Å². The number of para-hydroxylation sites is 1. The third-order valence-corrected chi connectivity index (χ3v) is 7.62. The van der Waals surface area contributed by atoms with E-state index < -0.39 is 15.7 Å². The molecule has 2 aromatic carbocycles. The fraction of sp³-hybridized carbons (Fsp3) is 0.0833. The lowest BCUT2D eigenvalue weighted by molar-refractivity contribution is 0.0919. The number of hydrogen-bond donors (Lipinski definition) is 1. The Morgan fingerprint density at radius 2 is 1.64 bits per heavy atom. The molecule has 0 aliphatic rings. The third-order valence-electron chi connectivity index (χ3n) is 4.91. The highest BCUT2D eigenvalue weighted by molar-refractivity contribution is 7.90. The minimum atomic E-state index is -3.56. The van der Waals surface area contributed by atoms with Crippen molar-refractivity contribution in [3.63, 3.8) is 0 Å². The number of aromatic nitrogens is 1. The van der Waals surface area contributed by atoms with Crippen molar-refractivity contribution < 1.29 is 22.0 Å². The molecule has 9 heteroatoms. The van der Waals surface area contributed by atoms with Gasteiger partial charge in [0.15, 0.2) is 26.4 Å². The molecule has 0 fully saturated rings. The van der Waals surface area contributed by atoms with Gasteiger partial charge in [0.1, 0.15) is 17.3 Å². The van der Waals surface area contributed by atoms with E-state index in [-0.39, 0.29) is 28.7 Å². The number of benzene rings is 2. The largest absolute Gasteiger partial charge is 0.457 e. The summed E-state index contributed by atoms with van der Waals surface area (Å²) < 4.78 is 37.4. The number of nitrogens with zero attached hydrogens (tertiary/aromatic N) is 1. The number of fused-ring (bicyclic) bond motifs is 1. The molecule has 0 aliphatic carbocycles. The second kappa shape index (κ2) is 8.68. The van der Waals surface area contributed by atoms with Gasteiger partial charge >= 0.3 is 0 Å². The molecule has 0 radical (unpaired) electrons. The van der Waals surface area contributed by atoms with Crippen molar-refractivity contribution in [2.75, 3.05) is 0 Å². The molecule has 0 saturated heterocycles. The summed E-state index contributed by atoms with van der Waals surface area (Å²) in [5, 5.41) is 3.49. The Labute approximate surface area is 193 Å². The van der Waals surface area contributed by atoms with Crippen LogP contribution in [0.15, 0.2) is 92.6 Å². The van der Waals surface area contributed by atoms with E-state index in [4.69, 9.17) is 8.83 Å². The monoisotopic (exact) mass is 478 g/mol. The van der Waals surface area contributed by atoms with Crippen molar-refractivity contribution in [3.8, 4) is 10.8 Å². The average Bonchev–Trinajstić information content (AvgIpc) is 3.57. The van der Waals surface area contributed by atoms with E-state index in [1.165, 1.54) is 35.6 Å². The molecule has 5 aromatic rings. The Morgan fingerprint density at radius 3 is 2.45 bits per heavy atom. The highest BCUT2D eigenvalue weighted by Gasteiger charge is 2.19. The molecule has 0 unspecified atom stereocenters. The number of amides is 1. The number of carbonyl (C=O) groups excluding carboxylic acids is 1. The summed E-state index contributed by atoms with van der Waals surface area (Å²) in [7, 11) is -3.56. The zero-order valence-electron chi connectivity index (χ0n) is 17.2. The number of carbonyl (C=O) groups is 1. The van der Waals surface area contributed by atoms with Gasteiger partial charge in [0.05, 0.1) is 21.7 Å². The number of thiazole rings is 1. The maximum absolute atomic E-state index is 12.5. The molecular formula is C24H18N2O5S2. The van der Waals surface area contributed by atoms with Crippen LogP contribution in [-0.4, -0.2) is 19.3 Å². The van der Waals surface area contributed by atoms with Crippen LogP contribution in [0, 0.1) is 0 Å². The van der Waals surface area contributed by atoms with E-state index in [1.54, 1.807) is 24.3 Å². The molecule has 0 aliphatic heterocycles. The van der Waals surface area contributed by atoms with Crippen molar-refractivity contribution in [2.45, 2.75) is 17.2 Å². The lowest BCUT2D eigenvalue weighted by atomic mass is 10.3. The molecular weight excluding hydrogens is 460 g/mol. The predicted octanol–water partition coefficient (Wildman–Crippen LogP) is 5.05. The summed E-state index contributed by atoms with van der Waals surface area (Å²) in [6.45, 7) is 0.155. The molecule has 1 N–H and O–H groups in total. The van der Waals surface area contributed by atoms with Crippen LogP contribution in [0.4, 0.5) is 0 Å². The average molecular weight is 479 g/mol. The Balaban J connectivity index is 1.22. The first-order chi connectivity index (χ1) is 16.0. The quantitative estimate of drug-likeness (QED) is 0.351. The fourth-order valence-electron chi connectivity index (χ4n) is 3.30. The third kappa shape index (κ3) is 4.59. The first kappa shape index (κ1) is 21.2. The SMILES string of the molecule is O=C(NCc1ccc(-c2nc3ccccc3s2)o1)c1ccc(CS(=O)(=O)c2ccccc2)o1. The van der Waals surface area contributed by atoms with E-state index in [1.807, 2.05) is 30.3 Å². The summed E-state index contributed by atoms with van der Waals surface area (Å²) in [5.74, 6) is 0.638. The van der Waals surface area contributed by atoms with Gasteiger partial charge in [0, 0.05) is 0 Å². The molecule has 0 atom stereocenters. The number of sulfone groups is 1. The van der Waals surface area contributed by atoms with E-state index in [0.29, 0.717) is 11.5 Å². The lowest BCUT2D eigenvalue weighted by Gasteiger charge is -2.02. The Hall–Kier alpha value is -3.69. The summed E-state index contributed by atoms with van der Waals surface area (Å²) in [5.41, 5.74) is 0.909. The van der Waals surface area contributed by atoms with Crippen LogP contribution < -0.4 is 5.32 Å². The van der Waals surface area contributed by atoms with Crippen molar-refractivity contribution in [3.05, 3.63) is 96.1 Å². The molecule has 0 bridgehead atoms. The second-order valence-electron chi connectivity index (χ2n) is 7.27. The van der Waals surface area contributed by atoms with Crippen LogP contribution in [0.2, 0.25) is 0 Å². The van der Waals surface area contributed by atoms with Crippen molar-refractivity contribution in [1.82, 2.24) is 10.3 Å². The van der Waals surface area contributed by atoms with E-state index >= 15 is 0 Å². The highest BCUT2D eigenvalue weighted by Crippen LogP contribution is 2.31. The van der Waals surface area contributed by atoms with Gasteiger partial charge in [0.2, 0.25) is 0 Å². The van der Waals surface area contributed by atoms with Crippen LogP contribution in [0.5, 0.6) is 0 Å². The zero-order chi connectivity index (χ0) is 22.8. The molecule has 0 saturated carbocycles. The predicted molar refractivity (Wildman–Crippen MR) is 125 cm³/mol. The number of rotatable bonds is 7.